The summed E-state index contributed by atoms with van der Waals surface area (Å²) in [5.41, 5.74) is 1.15. The van der Waals surface area contributed by atoms with Crippen LogP contribution in [0.25, 0.3) is 0 Å². The van der Waals surface area contributed by atoms with Crippen LogP contribution >= 0.6 is 0 Å². The molecule has 44 valence electrons. The van der Waals surface area contributed by atoms with Gasteiger partial charge < -0.3 is 12.3 Å². The van der Waals surface area contributed by atoms with Crippen molar-refractivity contribution in [2.75, 3.05) is 0 Å². The second-order valence-corrected chi connectivity index (χ2v) is 1.84. The van der Waals surface area contributed by atoms with E-state index >= 15 is 0 Å². The van der Waals surface area contributed by atoms with Crippen molar-refractivity contribution in [2.24, 2.45) is 0 Å². The second kappa shape index (κ2) is 5.19. The number of hydrogen-bond donors (Lipinski definition) is 0. The van der Waals surface area contributed by atoms with E-state index in [1.54, 1.807) is 0 Å². The summed E-state index contributed by atoms with van der Waals surface area (Å²) in [7, 11) is 0. The molecule has 0 fully saturated rings. The van der Waals surface area contributed by atoms with Crippen LogP contribution in [-0.4, -0.2) is 0 Å². The number of rotatable bonds is 1. The minimum Gasteiger partial charge on any atom is -0.693 e. The Labute approximate surface area is 73.8 Å². The largest absolute Gasteiger partial charge is 1.00 e. The first-order valence-electron chi connectivity index (χ1n) is 2.87. The van der Waals surface area contributed by atoms with Crippen LogP contribution in [0, 0.1) is 12.3 Å². The molecule has 0 atom stereocenters. The number of benzene rings is 1. The zero-order valence-electron chi connectivity index (χ0n) is 6.09. The fourth-order valence-electron chi connectivity index (χ4n) is 0.698. The molecular formula is C9H7Li. The van der Waals surface area contributed by atoms with Gasteiger partial charge in [-0.25, -0.2) is 0 Å². The quantitative estimate of drug-likeness (QED) is 0.250. The Balaban J connectivity index is 0.000000810. The van der Waals surface area contributed by atoms with Crippen molar-refractivity contribution in [3.8, 4) is 5.92 Å². The standard InChI is InChI=1S/C9H7.Li/c1-2-6-9-7-4-3-5-8-9;/h3-5,7-8H,6H2;/q-1;+1. The van der Waals surface area contributed by atoms with Gasteiger partial charge in [-0.3, -0.25) is 0 Å². The van der Waals surface area contributed by atoms with Gasteiger partial charge in [0.05, 0.1) is 0 Å². The van der Waals surface area contributed by atoms with Crippen LogP contribution in [0.4, 0.5) is 0 Å². The molecule has 0 heterocycles. The minimum absolute atomic E-state index is 0. The van der Waals surface area contributed by atoms with Crippen molar-refractivity contribution in [1.29, 1.82) is 0 Å². The topological polar surface area (TPSA) is 0 Å². The molecule has 0 amide bonds. The van der Waals surface area contributed by atoms with Crippen molar-refractivity contribution in [2.45, 2.75) is 6.42 Å². The zero-order valence-corrected chi connectivity index (χ0v) is 6.09. The third kappa shape index (κ3) is 2.79. The van der Waals surface area contributed by atoms with Crippen LogP contribution < -0.4 is 18.9 Å². The van der Waals surface area contributed by atoms with Crippen LogP contribution in [0.15, 0.2) is 30.3 Å². The third-order valence-corrected chi connectivity index (χ3v) is 1.14. The minimum atomic E-state index is 0. The van der Waals surface area contributed by atoms with Crippen molar-refractivity contribution in [3.63, 3.8) is 0 Å². The predicted octanol–water partition coefficient (Wildman–Crippen LogP) is -1.18. The number of hydrogen-bond acceptors (Lipinski definition) is 0. The van der Waals surface area contributed by atoms with Gasteiger partial charge in [0.15, 0.2) is 0 Å². The fraction of sp³-hybridized carbons (Fsp3) is 0.111. The first kappa shape index (κ1) is 9.38. The first-order chi connectivity index (χ1) is 4.43. The zero-order chi connectivity index (χ0) is 6.53. The van der Waals surface area contributed by atoms with E-state index < -0.39 is 0 Å². The monoisotopic (exact) mass is 122 g/mol. The average molecular weight is 122 g/mol. The van der Waals surface area contributed by atoms with E-state index in [0.29, 0.717) is 6.42 Å². The van der Waals surface area contributed by atoms with Crippen LogP contribution in [0.1, 0.15) is 5.56 Å². The Bertz CT molecular complexity index is 208. The van der Waals surface area contributed by atoms with Crippen LogP contribution in [0.5, 0.6) is 0 Å². The van der Waals surface area contributed by atoms with Gasteiger partial charge in [-0.1, -0.05) is 30.3 Å². The van der Waals surface area contributed by atoms with E-state index in [0.717, 1.165) is 5.56 Å². The van der Waals surface area contributed by atoms with E-state index in [4.69, 9.17) is 6.42 Å². The molecule has 1 aromatic carbocycles. The maximum atomic E-state index is 6.69. The molecule has 0 aliphatic heterocycles. The summed E-state index contributed by atoms with van der Waals surface area (Å²) in [6.45, 7) is 0. The summed E-state index contributed by atoms with van der Waals surface area (Å²) in [5.74, 6) is 2.33. The van der Waals surface area contributed by atoms with Crippen LogP contribution in [0.2, 0.25) is 0 Å². The van der Waals surface area contributed by atoms with E-state index in [2.05, 4.69) is 5.92 Å². The fourth-order valence-corrected chi connectivity index (χ4v) is 0.698. The van der Waals surface area contributed by atoms with Crippen molar-refractivity contribution in [1.82, 2.24) is 0 Å². The molecule has 0 nitrogen and oxygen atoms in total. The smallest absolute Gasteiger partial charge is 0.693 e. The molecular weight excluding hydrogens is 115 g/mol. The predicted molar refractivity (Wildman–Crippen MR) is 37.3 cm³/mol. The van der Waals surface area contributed by atoms with Gasteiger partial charge in [0.25, 0.3) is 0 Å². The summed E-state index contributed by atoms with van der Waals surface area (Å²) in [6.07, 6.45) is 7.32. The molecule has 1 rings (SSSR count). The van der Waals surface area contributed by atoms with Gasteiger partial charge in [-0.05, 0) is 12.0 Å². The van der Waals surface area contributed by atoms with E-state index in [1.807, 2.05) is 30.3 Å². The molecule has 0 bridgehead atoms. The van der Waals surface area contributed by atoms with Gasteiger partial charge in [0.1, 0.15) is 0 Å². The summed E-state index contributed by atoms with van der Waals surface area (Å²) >= 11 is 0. The molecule has 0 radical (unpaired) electrons. The summed E-state index contributed by atoms with van der Waals surface area (Å²) < 4.78 is 0. The Morgan fingerprint density at radius 2 is 1.80 bits per heavy atom. The molecule has 1 aromatic rings. The Morgan fingerprint density at radius 3 is 2.30 bits per heavy atom. The van der Waals surface area contributed by atoms with Crippen LogP contribution in [0.3, 0.4) is 0 Å². The molecule has 0 saturated heterocycles. The van der Waals surface area contributed by atoms with Gasteiger partial charge in [-0.15, -0.1) is 0 Å². The molecule has 0 aliphatic carbocycles. The van der Waals surface area contributed by atoms with E-state index in [9.17, 15) is 0 Å². The van der Waals surface area contributed by atoms with Crippen molar-refractivity contribution >= 4 is 0 Å². The van der Waals surface area contributed by atoms with Gasteiger partial charge in [0.2, 0.25) is 0 Å². The van der Waals surface area contributed by atoms with Gasteiger partial charge in [-0.2, -0.15) is 0 Å². The van der Waals surface area contributed by atoms with Crippen molar-refractivity contribution < 1.29 is 18.9 Å². The second-order valence-electron chi connectivity index (χ2n) is 1.84. The summed E-state index contributed by atoms with van der Waals surface area (Å²) in [6, 6.07) is 9.87. The van der Waals surface area contributed by atoms with E-state index in [-0.39, 0.29) is 18.9 Å². The summed E-state index contributed by atoms with van der Waals surface area (Å²) in [4.78, 5) is 0. The normalized spacial score (nSPS) is 7.50. The SMILES string of the molecule is [C-]#CCc1ccccc1.[Li+]. The molecule has 0 saturated carbocycles. The molecule has 0 aromatic heterocycles. The average Bonchev–Trinajstić information content (AvgIpc) is 1.91. The molecule has 10 heavy (non-hydrogen) atoms. The van der Waals surface area contributed by atoms with Crippen LogP contribution in [-0.2, 0) is 6.42 Å². The molecule has 0 N–H and O–H groups in total. The van der Waals surface area contributed by atoms with Gasteiger partial charge in [0, 0.05) is 0 Å². The Morgan fingerprint density at radius 1 is 1.20 bits per heavy atom. The first-order valence-corrected chi connectivity index (χ1v) is 2.87. The van der Waals surface area contributed by atoms with Crippen molar-refractivity contribution in [3.05, 3.63) is 42.3 Å². The maximum absolute atomic E-state index is 6.69. The van der Waals surface area contributed by atoms with E-state index in [1.165, 1.54) is 0 Å². The molecule has 1 heteroatoms. The molecule has 0 unspecified atom stereocenters. The molecule has 0 spiro atoms. The third-order valence-electron chi connectivity index (χ3n) is 1.14. The Hall–Kier alpha value is -0.623. The Kier molecular flexibility index (Phi) is 4.86. The van der Waals surface area contributed by atoms with Gasteiger partial charge >= 0.3 is 18.9 Å². The summed E-state index contributed by atoms with van der Waals surface area (Å²) in [5, 5.41) is 0. The maximum Gasteiger partial charge on any atom is 1.00 e. The molecule has 0 aliphatic rings.